The molecule has 4 heterocycles. The molecular weight excluding hydrogens is 402 g/mol. The standard InChI is InChI=1S/C17H18BrN5OS/c1-11-19-16(22-24-11)9-12-3-2-8-23(10-12)17-7-4-13(20-21-17)14-5-6-15(18)25-14/h4-7,12H,2-3,8-10H2,1H3/t12-/m0/s1. The summed E-state index contributed by atoms with van der Waals surface area (Å²) in [6.45, 7) is 3.79. The highest BCUT2D eigenvalue weighted by Crippen LogP contribution is 2.30. The number of piperidine rings is 1. The first-order valence-electron chi connectivity index (χ1n) is 8.31. The van der Waals surface area contributed by atoms with Crippen molar-refractivity contribution in [3.63, 3.8) is 0 Å². The van der Waals surface area contributed by atoms with E-state index in [9.17, 15) is 0 Å². The van der Waals surface area contributed by atoms with Crippen molar-refractivity contribution in [2.45, 2.75) is 26.2 Å². The monoisotopic (exact) mass is 419 g/mol. The van der Waals surface area contributed by atoms with Crippen molar-refractivity contribution in [2.24, 2.45) is 5.92 Å². The van der Waals surface area contributed by atoms with E-state index in [1.807, 2.05) is 19.1 Å². The highest BCUT2D eigenvalue weighted by molar-refractivity contribution is 9.11. The second-order valence-corrected chi connectivity index (χ2v) is 8.73. The Kier molecular flexibility index (Phi) is 4.80. The Morgan fingerprint density at radius 1 is 1.28 bits per heavy atom. The molecule has 3 aromatic rings. The predicted molar refractivity (Wildman–Crippen MR) is 101 cm³/mol. The number of halogens is 1. The molecule has 0 radical (unpaired) electrons. The van der Waals surface area contributed by atoms with Crippen LogP contribution in [-0.2, 0) is 6.42 Å². The van der Waals surface area contributed by atoms with E-state index in [2.05, 4.69) is 53.3 Å². The first-order chi connectivity index (χ1) is 12.2. The molecule has 0 bridgehead atoms. The largest absolute Gasteiger partial charge is 0.355 e. The highest BCUT2D eigenvalue weighted by Gasteiger charge is 2.23. The Morgan fingerprint density at radius 2 is 2.20 bits per heavy atom. The molecule has 0 N–H and O–H groups in total. The third-order valence-electron chi connectivity index (χ3n) is 4.36. The normalized spacial score (nSPS) is 17.8. The summed E-state index contributed by atoms with van der Waals surface area (Å²) in [6, 6.07) is 8.20. The van der Waals surface area contributed by atoms with Crippen molar-refractivity contribution in [2.75, 3.05) is 18.0 Å². The van der Waals surface area contributed by atoms with Gasteiger partial charge in [0, 0.05) is 26.4 Å². The van der Waals surface area contributed by atoms with E-state index in [0.29, 0.717) is 11.8 Å². The van der Waals surface area contributed by atoms with E-state index in [0.717, 1.165) is 51.9 Å². The third-order valence-corrected chi connectivity index (χ3v) is 6.01. The molecule has 0 saturated carbocycles. The second-order valence-electron chi connectivity index (χ2n) is 6.27. The fourth-order valence-corrected chi connectivity index (χ4v) is 4.55. The number of nitrogens with zero attached hydrogens (tertiary/aromatic N) is 5. The number of hydrogen-bond acceptors (Lipinski definition) is 7. The van der Waals surface area contributed by atoms with E-state index < -0.39 is 0 Å². The van der Waals surface area contributed by atoms with Crippen molar-refractivity contribution in [3.05, 3.63) is 39.8 Å². The molecule has 0 spiro atoms. The molecule has 1 fully saturated rings. The molecule has 25 heavy (non-hydrogen) atoms. The molecule has 1 aliphatic rings. The molecule has 0 unspecified atom stereocenters. The van der Waals surface area contributed by atoms with Gasteiger partial charge in [-0.25, -0.2) is 0 Å². The van der Waals surface area contributed by atoms with Gasteiger partial charge in [-0.3, -0.25) is 0 Å². The Morgan fingerprint density at radius 3 is 2.88 bits per heavy atom. The van der Waals surface area contributed by atoms with Gasteiger partial charge in [0.25, 0.3) is 0 Å². The SMILES string of the molecule is Cc1nc(C[C@@H]2CCCN(c3ccc(-c4ccc(Br)s4)nn3)C2)no1. The smallest absolute Gasteiger partial charge is 0.223 e. The Hall–Kier alpha value is -1.80. The number of thiophene rings is 1. The van der Waals surface area contributed by atoms with Gasteiger partial charge in [0.05, 0.1) is 8.66 Å². The molecule has 1 saturated heterocycles. The minimum Gasteiger partial charge on any atom is -0.355 e. The van der Waals surface area contributed by atoms with Crippen LogP contribution in [-0.4, -0.2) is 33.4 Å². The molecule has 130 valence electrons. The molecule has 3 aromatic heterocycles. The van der Waals surface area contributed by atoms with Gasteiger partial charge < -0.3 is 9.42 Å². The molecule has 0 aliphatic carbocycles. The van der Waals surface area contributed by atoms with Crippen LogP contribution in [0.3, 0.4) is 0 Å². The average molecular weight is 420 g/mol. The van der Waals surface area contributed by atoms with Crippen LogP contribution >= 0.6 is 27.3 Å². The lowest BCUT2D eigenvalue weighted by atomic mass is 9.94. The molecular formula is C17H18BrN5OS. The summed E-state index contributed by atoms with van der Waals surface area (Å²) < 4.78 is 6.18. The molecule has 0 amide bonds. The molecule has 4 rings (SSSR count). The lowest BCUT2D eigenvalue weighted by Crippen LogP contribution is -2.37. The van der Waals surface area contributed by atoms with Crippen molar-refractivity contribution in [3.8, 4) is 10.6 Å². The lowest BCUT2D eigenvalue weighted by molar-refractivity contribution is 0.369. The first-order valence-corrected chi connectivity index (χ1v) is 9.92. The van der Waals surface area contributed by atoms with Crippen LogP contribution in [0.5, 0.6) is 0 Å². The van der Waals surface area contributed by atoms with Gasteiger partial charge in [-0.1, -0.05) is 5.16 Å². The van der Waals surface area contributed by atoms with E-state index in [4.69, 9.17) is 4.52 Å². The molecule has 0 aromatic carbocycles. The topological polar surface area (TPSA) is 67.9 Å². The van der Waals surface area contributed by atoms with E-state index in [1.54, 1.807) is 11.3 Å². The minimum atomic E-state index is 0.514. The number of aryl methyl sites for hydroxylation is 1. The van der Waals surface area contributed by atoms with Gasteiger partial charge in [-0.15, -0.1) is 21.5 Å². The van der Waals surface area contributed by atoms with Crippen LogP contribution in [0.4, 0.5) is 5.82 Å². The summed E-state index contributed by atoms with van der Waals surface area (Å²) in [5.41, 5.74) is 0.912. The van der Waals surface area contributed by atoms with Gasteiger partial charge in [0.1, 0.15) is 5.69 Å². The van der Waals surface area contributed by atoms with Gasteiger partial charge in [-0.05, 0) is 59.0 Å². The zero-order valence-electron chi connectivity index (χ0n) is 13.9. The number of rotatable bonds is 4. The van der Waals surface area contributed by atoms with E-state index >= 15 is 0 Å². The summed E-state index contributed by atoms with van der Waals surface area (Å²) in [4.78, 5) is 7.75. The number of anilines is 1. The zero-order chi connectivity index (χ0) is 17.2. The first kappa shape index (κ1) is 16.7. The van der Waals surface area contributed by atoms with Crippen LogP contribution in [0.2, 0.25) is 0 Å². The highest BCUT2D eigenvalue weighted by atomic mass is 79.9. The van der Waals surface area contributed by atoms with Crippen LogP contribution in [0, 0.1) is 12.8 Å². The van der Waals surface area contributed by atoms with Crippen LogP contribution < -0.4 is 4.90 Å². The molecule has 8 heteroatoms. The van der Waals surface area contributed by atoms with Crippen LogP contribution in [0.15, 0.2) is 32.6 Å². The van der Waals surface area contributed by atoms with E-state index in [-0.39, 0.29) is 0 Å². The fraction of sp³-hybridized carbons (Fsp3) is 0.412. The summed E-state index contributed by atoms with van der Waals surface area (Å²) >= 11 is 5.15. The fourth-order valence-electron chi connectivity index (χ4n) is 3.20. The molecule has 6 nitrogen and oxygen atoms in total. The van der Waals surface area contributed by atoms with Crippen LogP contribution in [0.1, 0.15) is 24.6 Å². The maximum Gasteiger partial charge on any atom is 0.223 e. The molecule has 1 atom stereocenters. The van der Waals surface area contributed by atoms with Gasteiger partial charge in [-0.2, -0.15) is 4.98 Å². The maximum atomic E-state index is 5.08. The van der Waals surface area contributed by atoms with Gasteiger partial charge in [0.15, 0.2) is 11.6 Å². The zero-order valence-corrected chi connectivity index (χ0v) is 16.3. The van der Waals surface area contributed by atoms with Crippen molar-refractivity contribution < 1.29 is 4.52 Å². The summed E-state index contributed by atoms with van der Waals surface area (Å²) in [5.74, 6) is 2.88. The quantitative estimate of drug-likeness (QED) is 0.633. The van der Waals surface area contributed by atoms with Crippen molar-refractivity contribution in [1.29, 1.82) is 0 Å². The van der Waals surface area contributed by atoms with Crippen molar-refractivity contribution in [1.82, 2.24) is 20.3 Å². The second kappa shape index (κ2) is 7.21. The van der Waals surface area contributed by atoms with Crippen LogP contribution in [0.25, 0.3) is 10.6 Å². The maximum absolute atomic E-state index is 5.08. The van der Waals surface area contributed by atoms with E-state index in [1.165, 1.54) is 6.42 Å². The Bertz CT molecular complexity index is 847. The third kappa shape index (κ3) is 3.90. The average Bonchev–Trinajstić information content (AvgIpc) is 3.24. The predicted octanol–water partition coefficient (Wildman–Crippen LogP) is 4.12. The Balaban J connectivity index is 1.44. The number of aromatic nitrogens is 4. The summed E-state index contributed by atoms with van der Waals surface area (Å²) in [6.07, 6.45) is 3.17. The van der Waals surface area contributed by atoms with Gasteiger partial charge in [0.2, 0.25) is 5.89 Å². The van der Waals surface area contributed by atoms with Gasteiger partial charge >= 0.3 is 0 Å². The summed E-state index contributed by atoms with van der Waals surface area (Å²) in [7, 11) is 0. The van der Waals surface area contributed by atoms with Crippen molar-refractivity contribution >= 4 is 33.1 Å². The summed E-state index contributed by atoms with van der Waals surface area (Å²) in [5, 5.41) is 12.9. The number of hydrogen-bond donors (Lipinski definition) is 0. The lowest BCUT2D eigenvalue weighted by Gasteiger charge is -2.32. The minimum absolute atomic E-state index is 0.514. The Labute approximate surface area is 158 Å². The molecule has 1 aliphatic heterocycles.